The fourth-order valence-electron chi connectivity index (χ4n) is 6.25. The molecular weight excluding hydrogens is 511 g/mol. The van der Waals surface area contributed by atoms with Crippen LogP contribution in [0.25, 0.3) is 0 Å². The molecule has 0 saturated carbocycles. The number of benzene rings is 3. The molecular formula is C29H22Cl2N2O4. The average Bonchev–Trinajstić information content (AvgIpc) is 3.17. The number of carbonyl (C=O) groups is 4. The zero-order chi connectivity index (χ0) is 26.3. The SMILES string of the molecule is CC(=O)c1cccc(NC(=O)[C@H](C)N2C(=O)[C@@H]3[C@@H](C2=O)C2(Cl)c4ccccc4C3(Cl)c3ccccc32)c1. The van der Waals surface area contributed by atoms with Gasteiger partial charge in [0.25, 0.3) is 0 Å². The standard InChI is InChI=1S/C29H22Cl2N2O4/c1-15(25(35)32-18-9-7-8-17(14-18)16(2)34)33-26(36)23-24(27(33)37)29(31)20-11-4-3-10-19(20)28(23,30)21-12-5-6-13-22(21)29/h3-15,23-24H,1-2H3,(H,32,35)/t15-,23-,24-,28?,29?/m0/s1. The Balaban J connectivity index is 1.42. The lowest BCUT2D eigenvalue weighted by atomic mass is 9.54. The van der Waals surface area contributed by atoms with E-state index in [0.29, 0.717) is 33.5 Å². The quantitative estimate of drug-likeness (QED) is 0.297. The van der Waals surface area contributed by atoms with Gasteiger partial charge in [-0.3, -0.25) is 24.1 Å². The highest BCUT2D eigenvalue weighted by atomic mass is 35.5. The van der Waals surface area contributed by atoms with E-state index < -0.39 is 45.3 Å². The van der Waals surface area contributed by atoms with Gasteiger partial charge < -0.3 is 5.32 Å². The van der Waals surface area contributed by atoms with Gasteiger partial charge in [-0.1, -0.05) is 60.7 Å². The van der Waals surface area contributed by atoms with Gasteiger partial charge in [-0.25, -0.2) is 0 Å². The molecule has 7 rings (SSSR count). The molecule has 6 nitrogen and oxygen atoms in total. The zero-order valence-corrected chi connectivity index (χ0v) is 21.5. The van der Waals surface area contributed by atoms with Gasteiger partial charge in [0, 0.05) is 11.3 Å². The Kier molecular flexibility index (Phi) is 5.17. The van der Waals surface area contributed by atoms with Gasteiger partial charge in [0.1, 0.15) is 15.8 Å². The molecule has 0 aromatic heterocycles. The molecule has 3 aromatic carbocycles. The second-order valence-electron chi connectivity index (χ2n) is 9.82. The largest absolute Gasteiger partial charge is 0.324 e. The summed E-state index contributed by atoms with van der Waals surface area (Å²) >= 11 is 14.8. The minimum absolute atomic E-state index is 0.146. The van der Waals surface area contributed by atoms with Crippen molar-refractivity contribution in [1.29, 1.82) is 0 Å². The van der Waals surface area contributed by atoms with Crippen molar-refractivity contribution in [3.63, 3.8) is 0 Å². The lowest BCUT2D eigenvalue weighted by Gasteiger charge is -2.54. The number of nitrogens with zero attached hydrogens (tertiary/aromatic N) is 1. The van der Waals surface area contributed by atoms with Crippen LogP contribution in [-0.2, 0) is 24.1 Å². The molecule has 1 aliphatic heterocycles. The van der Waals surface area contributed by atoms with Crippen molar-refractivity contribution in [1.82, 2.24) is 4.90 Å². The fourth-order valence-corrected chi connectivity index (χ4v) is 7.35. The first kappa shape index (κ1) is 23.9. The third-order valence-corrected chi connectivity index (χ3v) is 9.21. The van der Waals surface area contributed by atoms with Crippen molar-refractivity contribution in [2.45, 2.75) is 29.6 Å². The average molecular weight is 533 g/mol. The second kappa shape index (κ2) is 8.01. The third kappa shape index (κ3) is 3.00. The number of hydrogen-bond acceptors (Lipinski definition) is 4. The van der Waals surface area contributed by atoms with Gasteiger partial charge in [-0.15, -0.1) is 23.2 Å². The van der Waals surface area contributed by atoms with Gasteiger partial charge in [0.2, 0.25) is 17.7 Å². The summed E-state index contributed by atoms with van der Waals surface area (Å²) in [6.07, 6.45) is 0. The molecule has 37 heavy (non-hydrogen) atoms. The number of Topliss-reactive ketones (excluding diaryl/α,β-unsaturated/α-hetero) is 1. The molecule has 1 N–H and O–H groups in total. The van der Waals surface area contributed by atoms with Crippen LogP contribution in [0, 0.1) is 11.8 Å². The van der Waals surface area contributed by atoms with Crippen LogP contribution in [0.1, 0.15) is 46.5 Å². The molecule has 4 aliphatic rings. The highest BCUT2D eigenvalue weighted by molar-refractivity contribution is 6.36. The van der Waals surface area contributed by atoms with Crippen LogP contribution in [0.4, 0.5) is 5.69 Å². The molecule has 3 aliphatic carbocycles. The summed E-state index contributed by atoms with van der Waals surface area (Å²) in [6.45, 7) is 2.93. The third-order valence-electron chi connectivity index (χ3n) is 7.92. The van der Waals surface area contributed by atoms with Crippen molar-refractivity contribution in [3.8, 4) is 0 Å². The van der Waals surface area contributed by atoms with Gasteiger partial charge in [0.15, 0.2) is 5.78 Å². The number of alkyl halides is 2. The molecule has 186 valence electrons. The lowest BCUT2D eigenvalue weighted by Crippen LogP contribution is -2.57. The summed E-state index contributed by atoms with van der Waals surface area (Å²) < 4.78 is 0. The van der Waals surface area contributed by atoms with E-state index in [-0.39, 0.29) is 5.78 Å². The number of anilines is 1. The summed E-state index contributed by atoms with van der Waals surface area (Å²) in [6, 6.07) is 20.1. The summed E-state index contributed by atoms with van der Waals surface area (Å²) in [5, 5.41) is 2.72. The molecule has 3 aromatic rings. The van der Waals surface area contributed by atoms with Crippen LogP contribution >= 0.6 is 23.2 Å². The normalized spacial score (nSPS) is 27.8. The van der Waals surface area contributed by atoms with E-state index in [2.05, 4.69) is 5.32 Å². The van der Waals surface area contributed by atoms with Crippen LogP contribution < -0.4 is 5.32 Å². The van der Waals surface area contributed by atoms with Crippen LogP contribution in [0.2, 0.25) is 0 Å². The minimum atomic E-state index is -1.30. The number of amides is 3. The molecule has 8 heteroatoms. The maximum Gasteiger partial charge on any atom is 0.247 e. The molecule has 2 bridgehead atoms. The smallest absolute Gasteiger partial charge is 0.247 e. The van der Waals surface area contributed by atoms with E-state index in [9.17, 15) is 19.2 Å². The lowest BCUT2D eigenvalue weighted by molar-refractivity contribution is -0.146. The number of likely N-dealkylation sites (tertiary alicyclic amines) is 1. The van der Waals surface area contributed by atoms with E-state index in [4.69, 9.17) is 23.2 Å². The Bertz CT molecular complexity index is 1410. The number of nitrogens with one attached hydrogen (secondary N) is 1. The van der Waals surface area contributed by atoms with Gasteiger partial charge in [0.05, 0.1) is 11.8 Å². The molecule has 3 atom stereocenters. The van der Waals surface area contributed by atoms with E-state index >= 15 is 0 Å². The Morgan fingerprint density at radius 2 is 1.27 bits per heavy atom. The summed E-state index contributed by atoms with van der Waals surface area (Å²) in [5.41, 5.74) is 3.63. The first-order valence-electron chi connectivity index (χ1n) is 12.0. The Morgan fingerprint density at radius 3 is 1.70 bits per heavy atom. The van der Waals surface area contributed by atoms with E-state index in [1.165, 1.54) is 13.8 Å². The van der Waals surface area contributed by atoms with Crippen LogP contribution in [0.3, 0.4) is 0 Å². The van der Waals surface area contributed by atoms with Gasteiger partial charge in [-0.05, 0) is 48.2 Å². The topological polar surface area (TPSA) is 83.6 Å². The van der Waals surface area contributed by atoms with Crippen LogP contribution in [0.15, 0.2) is 72.8 Å². The molecule has 0 spiro atoms. The van der Waals surface area contributed by atoms with Crippen LogP contribution in [0.5, 0.6) is 0 Å². The number of hydrogen-bond donors (Lipinski definition) is 1. The predicted octanol–water partition coefficient (Wildman–Crippen LogP) is 4.81. The van der Waals surface area contributed by atoms with E-state index in [1.54, 1.807) is 24.3 Å². The second-order valence-corrected chi connectivity index (χ2v) is 11.0. The summed E-state index contributed by atoms with van der Waals surface area (Å²) in [5.74, 6) is -3.71. The zero-order valence-electron chi connectivity index (χ0n) is 20.0. The Labute approximate surface area is 223 Å². The first-order valence-corrected chi connectivity index (χ1v) is 12.7. The maximum atomic E-state index is 14.0. The minimum Gasteiger partial charge on any atom is -0.324 e. The van der Waals surface area contributed by atoms with Crippen molar-refractivity contribution in [3.05, 3.63) is 101 Å². The fraction of sp³-hybridized carbons (Fsp3) is 0.241. The van der Waals surface area contributed by atoms with Crippen molar-refractivity contribution >= 4 is 52.4 Å². The summed E-state index contributed by atoms with van der Waals surface area (Å²) in [4.78, 5) is 51.4. The monoisotopic (exact) mass is 532 g/mol. The number of carbonyl (C=O) groups excluding carboxylic acids is 4. The van der Waals surface area contributed by atoms with Crippen molar-refractivity contribution in [2.75, 3.05) is 5.32 Å². The number of imide groups is 1. The molecule has 1 heterocycles. The Morgan fingerprint density at radius 1 is 0.811 bits per heavy atom. The van der Waals surface area contributed by atoms with E-state index in [1.807, 2.05) is 48.5 Å². The van der Waals surface area contributed by atoms with Gasteiger partial charge in [-0.2, -0.15) is 0 Å². The molecule has 1 saturated heterocycles. The molecule has 1 fully saturated rings. The van der Waals surface area contributed by atoms with E-state index in [0.717, 1.165) is 4.90 Å². The molecule has 0 radical (unpaired) electrons. The van der Waals surface area contributed by atoms with Gasteiger partial charge >= 0.3 is 0 Å². The molecule has 3 amide bonds. The highest BCUT2D eigenvalue weighted by Crippen LogP contribution is 2.69. The first-order chi connectivity index (χ1) is 17.6. The Hall–Kier alpha value is -3.48. The van der Waals surface area contributed by atoms with Crippen LogP contribution in [-0.4, -0.2) is 34.4 Å². The van der Waals surface area contributed by atoms with Crippen molar-refractivity contribution in [2.24, 2.45) is 11.8 Å². The number of halogens is 2. The number of ketones is 1. The van der Waals surface area contributed by atoms with Crippen molar-refractivity contribution < 1.29 is 19.2 Å². The summed E-state index contributed by atoms with van der Waals surface area (Å²) in [7, 11) is 0. The highest BCUT2D eigenvalue weighted by Gasteiger charge is 2.73. The maximum absolute atomic E-state index is 14.0. The molecule has 0 unspecified atom stereocenters. The number of rotatable bonds is 4. The predicted molar refractivity (Wildman–Crippen MR) is 140 cm³/mol.